The van der Waals surface area contributed by atoms with Crippen molar-refractivity contribution in [2.24, 2.45) is 0 Å². The van der Waals surface area contributed by atoms with Crippen LogP contribution in [0.4, 0.5) is 0 Å². The second-order valence-corrected chi connectivity index (χ2v) is 7.73. The Kier molecular flexibility index (Phi) is 4.95. The Balaban J connectivity index is 1.61. The van der Waals surface area contributed by atoms with Crippen molar-refractivity contribution in [3.05, 3.63) is 52.8 Å². The molecule has 1 amide bonds. The van der Waals surface area contributed by atoms with Gasteiger partial charge in [-0.15, -0.1) is 0 Å². The van der Waals surface area contributed by atoms with Crippen molar-refractivity contribution in [3.8, 4) is 6.01 Å². The van der Waals surface area contributed by atoms with Gasteiger partial charge >= 0.3 is 6.01 Å². The van der Waals surface area contributed by atoms with E-state index in [9.17, 15) is 4.79 Å². The molecule has 3 rings (SSSR count). The fourth-order valence-electron chi connectivity index (χ4n) is 2.81. The Hall–Kier alpha value is -2.14. The molecule has 0 N–H and O–H groups in total. The number of rotatable bonds is 3. The highest BCUT2D eigenvalue weighted by Crippen LogP contribution is 2.23. The normalized spacial score (nSPS) is 17.6. The quantitative estimate of drug-likeness (QED) is 0.838. The molecule has 1 unspecified atom stereocenters. The maximum absolute atomic E-state index is 12.7. The predicted octanol–water partition coefficient (Wildman–Crippen LogP) is 3.72. The molecule has 1 aromatic carbocycles. The lowest BCUT2D eigenvalue weighted by molar-refractivity contribution is 0.0769. The number of amides is 1. The van der Waals surface area contributed by atoms with E-state index in [1.165, 1.54) is 18.0 Å². The zero-order valence-electron chi connectivity index (χ0n) is 14.7. The minimum Gasteiger partial charge on any atom is -0.458 e. The zero-order chi connectivity index (χ0) is 18.0. The lowest BCUT2D eigenvalue weighted by Crippen LogP contribution is -2.31. The Morgan fingerprint density at radius 3 is 2.44 bits per heavy atom. The van der Waals surface area contributed by atoms with Crippen LogP contribution in [-0.2, 0) is 5.41 Å². The molecule has 25 heavy (non-hydrogen) atoms. The van der Waals surface area contributed by atoms with Crippen LogP contribution < -0.4 is 4.74 Å². The van der Waals surface area contributed by atoms with Gasteiger partial charge in [0, 0.05) is 18.5 Å². The van der Waals surface area contributed by atoms with E-state index in [0.29, 0.717) is 29.7 Å². The summed E-state index contributed by atoms with van der Waals surface area (Å²) in [6.45, 7) is 7.67. The minimum absolute atomic E-state index is 0.0311. The highest BCUT2D eigenvalue weighted by molar-refractivity contribution is 6.30. The van der Waals surface area contributed by atoms with Crippen molar-refractivity contribution in [1.29, 1.82) is 0 Å². The molecule has 2 heterocycles. The van der Waals surface area contributed by atoms with Gasteiger partial charge in [-0.2, -0.15) is 0 Å². The van der Waals surface area contributed by atoms with Crippen molar-refractivity contribution < 1.29 is 9.53 Å². The first-order chi connectivity index (χ1) is 11.8. The number of hydrogen-bond donors (Lipinski definition) is 0. The largest absolute Gasteiger partial charge is 0.458 e. The van der Waals surface area contributed by atoms with Crippen LogP contribution in [0.1, 0.15) is 43.1 Å². The maximum Gasteiger partial charge on any atom is 0.316 e. The van der Waals surface area contributed by atoms with Crippen LogP contribution in [-0.4, -0.2) is 40.0 Å². The number of halogens is 1. The fourth-order valence-corrected chi connectivity index (χ4v) is 2.91. The summed E-state index contributed by atoms with van der Waals surface area (Å²) in [5, 5.41) is 0.467. The monoisotopic (exact) mass is 359 g/mol. The summed E-state index contributed by atoms with van der Waals surface area (Å²) < 4.78 is 5.74. The lowest BCUT2D eigenvalue weighted by atomic mass is 9.86. The standard InChI is InChI=1S/C19H22ClN3O2/c1-19(2,3)14-6-4-13(5-7-14)17(24)23-9-8-16(12-23)25-18-21-10-15(20)11-22-18/h4-7,10-11,16H,8-9,12H2,1-3H3. The Labute approximate surface area is 153 Å². The molecular formula is C19H22ClN3O2. The fraction of sp³-hybridized carbons (Fsp3) is 0.421. The molecule has 0 saturated carbocycles. The molecule has 2 aromatic rings. The first-order valence-corrected chi connectivity index (χ1v) is 8.75. The molecule has 1 saturated heterocycles. The van der Waals surface area contributed by atoms with Gasteiger partial charge < -0.3 is 9.64 Å². The van der Waals surface area contributed by atoms with Gasteiger partial charge in [-0.05, 0) is 23.1 Å². The summed E-state index contributed by atoms with van der Waals surface area (Å²) in [5.41, 5.74) is 2.00. The predicted molar refractivity (Wildman–Crippen MR) is 97.1 cm³/mol. The van der Waals surface area contributed by atoms with Crippen LogP contribution in [0.25, 0.3) is 0 Å². The van der Waals surface area contributed by atoms with E-state index in [-0.39, 0.29) is 17.4 Å². The minimum atomic E-state index is -0.0982. The maximum atomic E-state index is 12.7. The third-order valence-electron chi connectivity index (χ3n) is 4.30. The molecule has 5 nitrogen and oxygen atoms in total. The van der Waals surface area contributed by atoms with E-state index >= 15 is 0 Å². The summed E-state index contributed by atoms with van der Waals surface area (Å²) in [7, 11) is 0. The molecule has 1 aliphatic heterocycles. The van der Waals surface area contributed by atoms with Crippen LogP contribution in [0, 0.1) is 0 Å². The number of nitrogens with zero attached hydrogens (tertiary/aromatic N) is 3. The van der Waals surface area contributed by atoms with Crippen molar-refractivity contribution >= 4 is 17.5 Å². The van der Waals surface area contributed by atoms with Gasteiger partial charge in [-0.3, -0.25) is 4.79 Å². The molecule has 1 aliphatic rings. The second-order valence-electron chi connectivity index (χ2n) is 7.29. The summed E-state index contributed by atoms with van der Waals surface area (Å²) in [5.74, 6) is 0.0311. The van der Waals surface area contributed by atoms with E-state index in [2.05, 4.69) is 30.7 Å². The van der Waals surface area contributed by atoms with Crippen molar-refractivity contribution in [2.75, 3.05) is 13.1 Å². The molecule has 0 radical (unpaired) electrons. The third kappa shape index (κ3) is 4.28. The molecule has 1 atom stereocenters. The summed E-state index contributed by atoms with van der Waals surface area (Å²) >= 11 is 5.77. The molecule has 132 valence electrons. The van der Waals surface area contributed by atoms with E-state index < -0.39 is 0 Å². The number of hydrogen-bond acceptors (Lipinski definition) is 4. The first kappa shape index (κ1) is 17.7. The van der Waals surface area contributed by atoms with Crippen molar-refractivity contribution in [3.63, 3.8) is 0 Å². The number of carbonyl (C=O) groups excluding carboxylic acids is 1. The van der Waals surface area contributed by atoms with Gasteiger partial charge in [-0.1, -0.05) is 44.5 Å². The Morgan fingerprint density at radius 1 is 1.20 bits per heavy atom. The van der Waals surface area contributed by atoms with Crippen LogP contribution >= 0.6 is 11.6 Å². The smallest absolute Gasteiger partial charge is 0.316 e. The first-order valence-electron chi connectivity index (χ1n) is 8.37. The highest BCUT2D eigenvalue weighted by Gasteiger charge is 2.29. The number of likely N-dealkylation sites (tertiary alicyclic amines) is 1. The molecule has 0 bridgehead atoms. The molecule has 0 spiro atoms. The average molecular weight is 360 g/mol. The second kappa shape index (κ2) is 7.00. The van der Waals surface area contributed by atoms with Gasteiger partial charge in [0.05, 0.1) is 24.0 Å². The SMILES string of the molecule is CC(C)(C)c1ccc(C(=O)N2CCC(Oc3ncc(Cl)cn3)C2)cc1. The van der Waals surface area contributed by atoms with Crippen LogP contribution in [0.5, 0.6) is 6.01 Å². The van der Waals surface area contributed by atoms with Gasteiger partial charge in [-0.25, -0.2) is 9.97 Å². The number of benzene rings is 1. The van der Waals surface area contributed by atoms with E-state index in [1.54, 1.807) is 0 Å². The van der Waals surface area contributed by atoms with Gasteiger partial charge in [0.1, 0.15) is 6.10 Å². The summed E-state index contributed by atoms with van der Waals surface area (Å²) in [4.78, 5) is 22.6. The van der Waals surface area contributed by atoms with Gasteiger partial charge in [0.15, 0.2) is 0 Å². The third-order valence-corrected chi connectivity index (χ3v) is 4.49. The zero-order valence-corrected chi connectivity index (χ0v) is 15.5. The average Bonchev–Trinajstić information content (AvgIpc) is 3.04. The van der Waals surface area contributed by atoms with Gasteiger partial charge in [0.2, 0.25) is 0 Å². The molecular weight excluding hydrogens is 338 g/mol. The number of carbonyl (C=O) groups is 1. The van der Waals surface area contributed by atoms with E-state index in [0.717, 1.165) is 6.42 Å². The topological polar surface area (TPSA) is 55.3 Å². The van der Waals surface area contributed by atoms with Crippen LogP contribution in [0.2, 0.25) is 5.02 Å². The van der Waals surface area contributed by atoms with E-state index in [1.807, 2.05) is 29.2 Å². The Bertz CT molecular complexity index is 739. The van der Waals surface area contributed by atoms with Crippen LogP contribution in [0.15, 0.2) is 36.7 Å². The Morgan fingerprint density at radius 2 is 1.84 bits per heavy atom. The molecule has 0 aliphatic carbocycles. The van der Waals surface area contributed by atoms with E-state index in [4.69, 9.17) is 16.3 Å². The summed E-state index contributed by atoms with van der Waals surface area (Å²) in [6, 6.07) is 8.15. The molecule has 1 aromatic heterocycles. The molecule has 6 heteroatoms. The van der Waals surface area contributed by atoms with Crippen LogP contribution in [0.3, 0.4) is 0 Å². The van der Waals surface area contributed by atoms with Gasteiger partial charge in [0.25, 0.3) is 5.91 Å². The summed E-state index contributed by atoms with van der Waals surface area (Å²) in [6.07, 6.45) is 3.66. The van der Waals surface area contributed by atoms with Crippen molar-refractivity contribution in [1.82, 2.24) is 14.9 Å². The molecule has 1 fully saturated rings. The number of aromatic nitrogens is 2. The lowest BCUT2D eigenvalue weighted by Gasteiger charge is -2.20. The highest BCUT2D eigenvalue weighted by atomic mass is 35.5. The van der Waals surface area contributed by atoms with Crippen molar-refractivity contribution in [2.45, 2.75) is 38.7 Å². The number of ether oxygens (including phenoxy) is 1.